The molecule has 0 saturated carbocycles. The average Bonchev–Trinajstić information content (AvgIpc) is 2.97. The van der Waals surface area contributed by atoms with Crippen molar-refractivity contribution in [2.45, 2.75) is 24.3 Å². The lowest BCUT2D eigenvalue weighted by molar-refractivity contribution is 0.0937. The van der Waals surface area contributed by atoms with Gasteiger partial charge < -0.3 is 10.1 Å². The van der Waals surface area contributed by atoms with E-state index in [-0.39, 0.29) is 16.8 Å². The minimum absolute atomic E-state index is 0.0324. The molecule has 2 aromatic rings. The summed E-state index contributed by atoms with van der Waals surface area (Å²) in [7, 11) is -2.26. The first-order valence-electron chi connectivity index (χ1n) is 8.54. The molecule has 8 heteroatoms. The molecule has 2 aromatic carbocycles. The van der Waals surface area contributed by atoms with Gasteiger partial charge in [0, 0.05) is 25.3 Å². The Morgan fingerprint density at radius 2 is 1.96 bits per heavy atom. The van der Waals surface area contributed by atoms with Gasteiger partial charge in [0.25, 0.3) is 15.9 Å². The molecule has 1 aliphatic heterocycles. The van der Waals surface area contributed by atoms with E-state index in [4.69, 9.17) is 4.74 Å². The number of methoxy groups -OCH3 is 1. The van der Waals surface area contributed by atoms with Gasteiger partial charge in [-0.25, -0.2) is 12.8 Å². The van der Waals surface area contributed by atoms with Crippen LogP contribution in [-0.4, -0.2) is 40.6 Å². The zero-order valence-corrected chi connectivity index (χ0v) is 15.9. The average molecular weight is 392 g/mol. The van der Waals surface area contributed by atoms with Gasteiger partial charge in [0.05, 0.1) is 17.2 Å². The quantitative estimate of drug-likeness (QED) is 0.766. The number of ether oxygens (including phenoxy) is 1. The second kappa shape index (κ2) is 7.66. The fraction of sp³-hybridized carbons (Fsp3) is 0.316. The molecular weight excluding hydrogens is 371 g/mol. The molecule has 3 rings (SSSR count). The molecule has 144 valence electrons. The number of benzene rings is 2. The van der Waals surface area contributed by atoms with Gasteiger partial charge in [0.1, 0.15) is 5.82 Å². The van der Waals surface area contributed by atoms with E-state index >= 15 is 0 Å². The first-order chi connectivity index (χ1) is 12.8. The third-order valence-corrected chi connectivity index (χ3v) is 6.40. The molecule has 27 heavy (non-hydrogen) atoms. The summed E-state index contributed by atoms with van der Waals surface area (Å²) >= 11 is 0. The number of nitrogens with one attached hydrogen (secondary N) is 1. The first-order valence-corrected chi connectivity index (χ1v) is 9.98. The lowest BCUT2D eigenvalue weighted by Crippen LogP contribution is -2.35. The maximum Gasteiger partial charge on any atom is 0.264 e. The van der Waals surface area contributed by atoms with Crippen molar-refractivity contribution in [1.29, 1.82) is 0 Å². The zero-order valence-electron chi connectivity index (χ0n) is 15.1. The van der Waals surface area contributed by atoms with Gasteiger partial charge in [0.15, 0.2) is 0 Å². The molecule has 0 fully saturated rings. The molecule has 1 atom stereocenters. The van der Waals surface area contributed by atoms with Crippen LogP contribution in [0.5, 0.6) is 0 Å². The molecule has 0 aromatic heterocycles. The molecule has 0 spiro atoms. The van der Waals surface area contributed by atoms with Crippen LogP contribution in [0.15, 0.2) is 47.4 Å². The van der Waals surface area contributed by atoms with Crippen LogP contribution in [0.3, 0.4) is 0 Å². The minimum atomic E-state index is -3.82. The minimum Gasteiger partial charge on any atom is -0.383 e. The van der Waals surface area contributed by atoms with E-state index in [0.717, 1.165) is 17.7 Å². The Bertz CT molecular complexity index is 945. The molecule has 1 aliphatic rings. The van der Waals surface area contributed by atoms with Crippen LogP contribution >= 0.6 is 0 Å². The van der Waals surface area contributed by atoms with Crippen LogP contribution in [0.25, 0.3) is 0 Å². The highest BCUT2D eigenvalue weighted by Crippen LogP contribution is 2.37. The van der Waals surface area contributed by atoms with Gasteiger partial charge in [-0.05, 0) is 61.4 Å². The van der Waals surface area contributed by atoms with E-state index < -0.39 is 15.8 Å². The van der Waals surface area contributed by atoms with Crippen molar-refractivity contribution in [2.24, 2.45) is 0 Å². The number of rotatable bonds is 6. The third-order valence-electron chi connectivity index (χ3n) is 4.46. The molecule has 6 nitrogen and oxygen atoms in total. The van der Waals surface area contributed by atoms with Gasteiger partial charge in [-0.3, -0.25) is 9.10 Å². The molecule has 1 heterocycles. The van der Waals surface area contributed by atoms with Gasteiger partial charge in [-0.2, -0.15) is 0 Å². The van der Waals surface area contributed by atoms with Gasteiger partial charge in [0.2, 0.25) is 0 Å². The topological polar surface area (TPSA) is 75.7 Å². The van der Waals surface area contributed by atoms with E-state index in [1.165, 1.54) is 16.4 Å². The van der Waals surface area contributed by atoms with E-state index in [0.29, 0.717) is 30.8 Å². The Morgan fingerprint density at radius 3 is 2.63 bits per heavy atom. The summed E-state index contributed by atoms with van der Waals surface area (Å²) in [5.41, 5.74) is 1.80. The number of anilines is 1. The number of carbonyl (C=O) groups excluding carboxylic acids is 1. The van der Waals surface area contributed by atoms with Crippen molar-refractivity contribution in [3.05, 3.63) is 59.4 Å². The number of carbonyl (C=O) groups is 1. The van der Waals surface area contributed by atoms with Crippen LogP contribution in [-0.2, 0) is 21.2 Å². The van der Waals surface area contributed by atoms with Crippen molar-refractivity contribution < 1.29 is 22.3 Å². The lowest BCUT2D eigenvalue weighted by Gasteiger charge is -2.24. The van der Waals surface area contributed by atoms with Crippen LogP contribution in [0, 0.1) is 5.82 Å². The Morgan fingerprint density at radius 1 is 1.26 bits per heavy atom. The molecule has 0 aliphatic carbocycles. The highest BCUT2D eigenvalue weighted by atomic mass is 32.2. The Kier molecular flexibility index (Phi) is 5.48. The van der Waals surface area contributed by atoms with Crippen LogP contribution < -0.4 is 9.62 Å². The normalized spacial score (nSPS) is 16.3. The molecule has 0 unspecified atom stereocenters. The van der Waals surface area contributed by atoms with E-state index in [1.54, 1.807) is 32.2 Å². The fourth-order valence-corrected chi connectivity index (χ4v) is 4.89. The van der Waals surface area contributed by atoms with E-state index in [1.807, 2.05) is 0 Å². The maximum atomic E-state index is 13.1. The van der Waals surface area contributed by atoms with Crippen molar-refractivity contribution in [1.82, 2.24) is 5.32 Å². The second-order valence-corrected chi connectivity index (χ2v) is 8.22. The largest absolute Gasteiger partial charge is 0.383 e. The number of fused-ring (bicyclic) bond motifs is 1. The van der Waals surface area contributed by atoms with Crippen LogP contribution in [0.4, 0.5) is 10.1 Å². The van der Waals surface area contributed by atoms with Crippen molar-refractivity contribution >= 4 is 21.6 Å². The van der Waals surface area contributed by atoms with E-state index in [9.17, 15) is 17.6 Å². The summed E-state index contributed by atoms with van der Waals surface area (Å²) in [6, 6.07) is 9.43. The number of hydrogen-bond acceptors (Lipinski definition) is 4. The monoisotopic (exact) mass is 392 g/mol. The fourth-order valence-electron chi connectivity index (χ4n) is 3.20. The number of amides is 1. The summed E-state index contributed by atoms with van der Waals surface area (Å²) in [5, 5.41) is 2.74. The standard InChI is InChI=1S/C19H21FN2O4S/c1-13-11-15-12-14(19(23)21-9-10-26-2)3-8-18(15)22(13)27(24,25)17-6-4-16(20)5-7-17/h3-8,12-13H,9-11H2,1-2H3,(H,21,23)/t13-/m1/s1. The molecule has 0 radical (unpaired) electrons. The van der Waals surface area contributed by atoms with Crippen molar-refractivity contribution in [2.75, 3.05) is 24.6 Å². The Hall–Kier alpha value is -2.45. The first kappa shape index (κ1) is 19.3. The van der Waals surface area contributed by atoms with Gasteiger partial charge in [-0.15, -0.1) is 0 Å². The van der Waals surface area contributed by atoms with Crippen LogP contribution in [0.1, 0.15) is 22.8 Å². The molecule has 0 saturated heterocycles. The number of sulfonamides is 1. The summed E-state index contributed by atoms with van der Waals surface area (Å²) < 4.78 is 45.4. The van der Waals surface area contributed by atoms with Crippen molar-refractivity contribution in [3.63, 3.8) is 0 Å². The lowest BCUT2D eigenvalue weighted by atomic mass is 10.1. The summed E-state index contributed by atoms with van der Waals surface area (Å²) in [5.74, 6) is -0.727. The van der Waals surface area contributed by atoms with Gasteiger partial charge >= 0.3 is 0 Å². The van der Waals surface area contributed by atoms with Crippen molar-refractivity contribution in [3.8, 4) is 0 Å². The predicted octanol–water partition coefficient (Wildman–Crippen LogP) is 2.34. The van der Waals surface area contributed by atoms with Gasteiger partial charge in [-0.1, -0.05) is 0 Å². The van der Waals surface area contributed by atoms with E-state index in [2.05, 4.69) is 5.32 Å². The Balaban J connectivity index is 1.89. The highest BCUT2D eigenvalue weighted by Gasteiger charge is 2.36. The Labute approximate surface area is 158 Å². The molecular formula is C19H21FN2O4S. The maximum absolute atomic E-state index is 13.1. The smallest absolute Gasteiger partial charge is 0.264 e. The van der Waals surface area contributed by atoms with Crippen LogP contribution in [0.2, 0.25) is 0 Å². The zero-order chi connectivity index (χ0) is 19.6. The summed E-state index contributed by atoms with van der Waals surface area (Å²) in [6.45, 7) is 2.62. The number of nitrogens with zero attached hydrogens (tertiary/aromatic N) is 1. The summed E-state index contributed by atoms with van der Waals surface area (Å²) in [6.07, 6.45) is 0.495. The number of halogens is 1. The SMILES string of the molecule is COCCNC(=O)c1ccc2c(c1)C[C@@H](C)N2S(=O)(=O)c1ccc(F)cc1. The second-order valence-electron chi connectivity index (χ2n) is 6.40. The highest BCUT2D eigenvalue weighted by molar-refractivity contribution is 7.92. The number of hydrogen-bond donors (Lipinski definition) is 1. The summed E-state index contributed by atoms with van der Waals surface area (Å²) in [4.78, 5) is 12.2. The molecule has 1 amide bonds. The third kappa shape index (κ3) is 3.81. The predicted molar refractivity (Wildman–Crippen MR) is 99.9 cm³/mol. The molecule has 1 N–H and O–H groups in total. The molecule has 0 bridgehead atoms.